The van der Waals surface area contributed by atoms with Crippen LogP contribution in [0.25, 0.3) is 0 Å². The molecule has 1 heterocycles. The normalized spacial score (nSPS) is 11.4. The summed E-state index contributed by atoms with van der Waals surface area (Å²) in [7, 11) is 0. The Kier molecular flexibility index (Phi) is 2.93. The second kappa shape index (κ2) is 3.82. The summed E-state index contributed by atoms with van der Waals surface area (Å²) in [6, 6.07) is 1.74. The maximum Gasteiger partial charge on any atom is 0.232 e. The van der Waals surface area contributed by atoms with E-state index in [9.17, 15) is 4.79 Å². The van der Waals surface area contributed by atoms with Crippen molar-refractivity contribution >= 4 is 11.8 Å². The van der Waals surface area contributed by atoms with Crippen molar-refractivity contribution in [2.45, 2.75) is 34.1 Å². The van der Waals surface area contributed by atoms with Gasteiger partial charge in [-0.05, 0) is 6.42 Å². The second-order valence-electron chi connectivity index (χ2n) is 4.24. The highest BCUT2D eigenvalue weighted by molar-refractivity contribution is 5.93. The topological polar surface area (TPSA) is 55.1 Å². The number of rotatable bonds is 2. The van der Waals surface area contributed by atoms with E-state index in [1.807, 2.05) is 27.7 Å². The Morgan fingerprint density at radius 1 is 1.57 bits per heavy atom. The van der Waals surface area contributed by atoms with E-state index in [0.717, 1.165) is 12.1 Å². The number of nitrogens with one attached hydrogen (secondary N) is 1. The molecule has 1 aromatic rings. The Bertz CT molecular complexity index is 323. The summed E-state index contributed by atoms with van der Waals surface area (Å²) in [5.74, 6) is 0.345. The van der Waals surface area contributed by atoms with Gasteiger partial charge in [0.2, 0.25) is 11.8 Å². The highest BCUT2D eigenvalue weighted by Crippen LogP contribution is 2.17. The number of hydrogen-bond acceptors (Lipinski definition) is 3. The summed E-state index contributed by atoms with van der Waals surface area (Å²) in [6.07, 6.45) is 0.800. The Morgan fingerprint density at radius 3 is 2.64 bits per heavy atom. The molecule has 0 spiro atoms. The third kappa shape index (κ3) is 2.58. The average molecular weight is 196 g/mol. The lowest BCUT2D eigenvalue weighted by Gasteiger charge is -2.15. The largest absolute Gasteiger partial charge is 0.338 e. The van der Waals surface area contributed by atoms with E-state index in [0.29, 0.717) is 5.88 Å². The number of amides is 1. The molecule has 1 amide bonds. The van der Waals surface area contributed by atoms with Gasteiger partial charge in [0, 0.05) is 11.5 Å². The fourth-order valence-electron chi connectivity index (χ4n) is 0.837. The third-order valence-corrected chi connectivity index (χ3v) is 1.84. The van der Waals surface area contributed by atoms with E-state index in [4.69, 9.17) is 4.52 Å². The molecular formula is C10H16N2O2. The lowest BCUT2D eigenvalue weighted by atomic mass is 9.96. The number of carbonyl (C=O) groups is 1. The van der Waals surface area contributed by atoms with Crippen molar-refractivity contribution in [3.63, 3.8) is 0 Å². The van der Waals surface area contributed by atoms with E-state index in [-0.39, 0.29) is 5.91 Å². The maximum absolute atomic E-state index is 11.5. The van der Waals surface area contributed by atoms with Crippen molar-refractivity contribution in [1.29, 1.82) is 0 Å². The van der Waals surface area contributed by atoms with Crippen molar-refractivity contribution in [2.75, 3.05) is 5.32 Å². The van der Waals surface area contributed by atoms with Gasteiger partial charge in [0.05, 0.1) is 5.69 Å². The summed E-state index contributed by atoms with van der Waals surface area (Å²) in [5, 5.41) is 6.45. The van der Waals surface area contributed by atoms with Crippen LogP contribution in [0.3, 0.4) is 0 Å². The molecular weight excluding hydrogens is 180 g/mol. The van der Waals surface area contributed by atoms with Crippen LogP contribution < -0.4 is 5.32 Å². The quantitative estimate of drug-likeness (QED) is 0.789. The first-order valence-corrected chi connectivity index (χ1v) is 4.70. The Hall–Kier alpha value is -1.32. The van der Waals surface area contributed by atoms with Gasteiger partial charge in [-0.2, -0.15) is 0 Å². The molecule has 1 rings (SSSR count). The molecule has 78 valence electrons. The van der Waals surface area contributed by atoms with Gasteiger partial charge in [0.15, 0.2) is 0 Å². The van der Waals surface area contributed by atoms with Crippen LogP contribution in [-0.4, -0.2) is 11.1 Å². The number of nitrogens with zero attached hydrogens (tertiary/aromatic N) is 1. The third-order valence-electron chi connectivity index (χ3n) is 1.84. The van der Waals surface area contributed by atoms with Crippen LogP contribution in [0, 0.1) is 5.41 Å². The molecule has 1 N–H and O–H groups in total. The Labute approximate surface area is 83.7 Å². The Balaban J connectivity index is 2.65. The molecule has 0 fully saturated rings. The number of anilines is 1. The zero-order valence-electron chi connectivity index (χ0n) is 9.05. The van der Waals surface area contributed by atoms with Crippen LogP contribution in [0.1, 0.15) is 33.4 Å². The van der Waals surface area contributed by atoms with E-state index in [2.05, 4.69) is 10.5 Å². The van der Waals surface area contributed by atoms with E-state index >= 15 is 0 Å². The first kappa shape index (κ1) is 10.8. The summed E-state index contributed by atoms with van der Waals surface area (Å²) in [4.78, 5) is 11.5. The van der Waals surface area contributed by atoms with Crippen molar-refractivity contribution in [1.82, 2.24) is 5.16 Å². The summed E-state index contributed by atoms with van der Waals surface area (Å²) in [5.41, 5.74) is 0.424. The minimum absolute atomic E-state index is 0.0729. The molecule has 0 saturated carbocycles. The molecule has 14 heavy (non-hydrogen) atoms. The van der Waals surface area contributed by atoms with Gasteiger partial charge in [-0.1, -0.05) is 32.9 Å². The highest BCUT2D eigenvalue weighted by atomic mass is 16.5. The Morgan fingerprint density at radius 2 is 2.21 bits per heavy atom. The molecule has 4 nitrogen and oxygen atoms in total. The molecule has 0 unspecified atom stereocenters. The predicted octanol–water partition coefficient (Wildman–Crippen LogP) is 2.22. The van der Waals surface area contributed by atoms with E-state index in [1.54, 1.807) is 6.07 Å². The molecule has 0 aliphatic heterocycles. The first-order chi connectivity index (χ1) is 6.43. The van der Waals surface area contributed by atoms with Crippen LogP contribution in [0.4, 0.5) is 5.88 Å². The SMILES string of the molecule is CCc1cc(NC(=O)C(C)(C)C)on1. The van der Waals surface area contributed by atoms with Gasteiger partial charge < -0.3 is 4.52 Å². The van der Waals surface area contributed by atoms with E-state index < -0.39 is 5.41 Å². The fraction of sp³-hybridized carbons (Fsp3) is 0.600. The summed E-state index contributed by atoms with van der Waals surface area (Å²) < 4.78 is 4.94. The van der Waals surface area contributed by atoms with Crippen molar-refractivity contribution in [3.05, 3.63) is 11.8 Å². The molecule has 0 aromatic carbocycles. The second-order valence-corrected chi connectivity index (χ2v) is 4.24. The molecule has 4 heteroatoms. The number of carbonyl (C=O) groups excluding carboxylic acids is 1. The smallest absolute Gasteiger partial charge is 0.232 e. The van der Waals surface area contributed by atoms with Crippen molar-refractivity contribution in [2.24, 2.45) is 5.41 Å². The molecule has 0 aliphatic carbocycles. The highest BCUT2D eigenvalue weighted by Gasteiger charge is 2.22. The molecule has 0 bridgehead atoms. The van der Waals surface area contributed by atoms with Crippen molar-refractivity contribution < 1.29 is 9.32 Å². The maximum atomic E-state index is 11.5. The first-order valence-electron chi connectivity index (χ1n) is 4.70. The predicted molar refractivity (Wildman–Crippen MR) is 54.0 cm³/mol. The lowest BCUT2D eigenvalue weighted by molar-refractivity contribution is -0.123. The van der Waals surface area contributed by atoms with Gasteiger partial charge in [-0.15, -0.1) is 0 Å². The zero-order valence-corrected chi connectivity index (χ0v) is 9.05. The van der Waals surface area contributed by atoms with Crippen LogP contribution in [-0.2, 0) is 11.2 Å². The standard InChI is InChI=1S/C10H16N2O2/c1-5-7-6-8(14-12-7)11-9(13)10(2,3)4/h6H,5H2,1-4H3,(H,11,13). The molecule has 1 aromatic heterocycles. The molecule has 0 saturated heterocycles. The fourth-order valence-corrected chi connectivity index (χ4v) is 0.837. The average Bonchev–Trinajstić information content (AvgIpc) is 2.50. The zero-order chi connectivity index (χ0) is 10.8. The molecule has 0 atom stereocenters. The number of aryl methyl sites for hydroxylation is 1. The number of aromatic nitrogens is 1. The monoisotopic (exact) mass is 196 g/mol. The summed E-state index contributed by atoms with van der Waals surface area (Å²) in [6.45, 7) is 7.52. The van der Waals surface area contributed by atoms with E-state index in [1.165, 1.54) is 0 Å². The summed E-state index contributed by atoms with van der Waals surface area (Å²) >= 11 is 0. The van der Waals surface area contributed by atoms with Gasteiger partial charge in [0.25, 0.3) is 0 Å². The van der Waals surface area contributed by atoms with Gasteiger partial charge in [-0.25, -0.2) is 0 Å². The minimum atomic E-state index is -0.417. The lowest BCUT2D eigenvalue weighted by Crippen LogP contribution is -2.27. The van der Waals surface area contributed by atoms with Crippen molar-refractivity contribution in [3.8, 4) is 0 Å². The van der Waals surface area contributed by atoms with Gasteiger partial charge in [0.1, 0.15) is 0 Å². The van der Waals surface area contributed by atoms with Gasteiger partial charge in [-0.3, -0.25) is 10.1 Å². The van der Waals surface area contributed by atoms with Crippen LogP contribution >= 0.6 is 0 Å². The van der Waals surface area contributed by atoms with Crippen LogP contribution in [0.5, 0.6) is 0 Å². The van der Waals surface area contributed by atoms with Crippen LogP contribution in [0.15, 0.2) is 10.6 Å². The van der Waals surface area contributed by atoms with Crippen LogP contribution in [0.2, 0.25) is 0 Å². The molecule has 0 radical (unpaired) electrons. The van der Waals surface area contributed by atoms with Gasteiger partial charge >= 0.3 is 0 Å². The minimum Gasteiger partial charge on any atom is -0.338 e. The number of hydrogen-bond donors (Lipinski definition) is 1. The molecule has 0 aliphatic rings.